The summed E-state index contributed by atoms with van der Waals surface area (Å²) in [5.41, 5.74) is 4.75. The van der Waals surface area contributed by atoms with Crippen LogP contribution in [-0.4, -0.2) is 19.2 Å². The number of aromatic nitrogens is 1. The van der Waals surface area contributed by atoms with E-state index in [9.17, 15) is 0 Å². The fourth-order valence-corrected chi connectivity index (χ4v) is 3.36. The SMILES string of the molecule is COc1cncc(-c2cc3ccc(OC)cc3cc2Cc2ccccc2)c1.Cl. The molecule has 0 N–H and O–H groups in total. The zero-order chi connectivity index (χ0) is 18.6. The minimum atomic E-state index is 0. The van der Waals surface area contributed by atoms with Crippen LogP contribution in [0.4, 0.5) is 0 Å². The molecule has 4 aromatic rings. The average Bonchev–Trinajstić information content (AvgIpc) is 2.73. The van der Waals surface area contributed by atoms with Gasteiger partial charge in [-0.05, 0) is 58.1 Å². The van der Waals surface area contributed by atoms with E-state index in [0.29, 0.717) is 0 Å². The minimum Gasteiger partial charge on any atom is -0.497 e. The maximum Gasteiger partial charge on any atom is 0.137 e. The summed E-state index contributed by atoms with van der Waals surface area (Å²) in [6.07, 6.45) is 4.47. The summed E-state index contributed by atoms with van der Waals surface area (Å²) in [5, 5.41) is 2.34. The number of hydrogen-bond acceptors (Lipinski definition) is 3. The molecule has 0 saturated heterocycles. The molecule has 142 valence electrons. The molecule has 3 nitrogen and oxygen atoms in total. The summed E-state index contributed by atoms with van der Waals surface area (Å²) in [4.78, 5) is 4.34. The molecular weight excluding hydrogens is 370 g/mol. The van der Waals surface area contributed by atoms with Gasteiger partial charge >= 0.3 is 0 Å². The molecule has 0 amide bonds. The highest BCUT2D eigenvalue weighted by Crippen LogP contribution is 2.33. The summed E-state index contributed by atoms with van der Waals surface area (Å²) in [6.45, 7) is 0. The minimum absolute atomic E-state index is 0. The molecule has 0 saturated carbocycles. The Labute approximate surface area is 171 Å². The monoisotopic (exact) mass is 391 g/mol. The standard InChI is InChI=1S/C24H21NO2.ClH/c1-26-22-9-8-18-14-24(21-13-23(27-2)16-25-15-21)20(11-19(18)12-22)10-17-6-4-3-5-7-17;/h3-9,11-16H,10H2,1-2H3;1H. The highest BCUT2D eigenvalue weighted by atomic mass is 35.5. The number of nitrogens with zero attached hydrogens (tertiary/aromatic N) is 1. The van der Waals surface area contributed by atoms with Crippen LogP contribution in [0.15, 0.2) is 79.1 Å². The van der Waals surface area contributed by atoms with Crippen molar-refractivity contribution >= 4 is 23.2 Å². The molecule has 3 aromatic carbocycles. The maximum atomic E-state index is 5.40. The summed E-state index contributed by atoms with van der Waals surface area (Å²) in [6, 6.07) is 23.2. The van der Waals surface area contributed by atoms with Crippen LogP contribution < -0.4 is 9.47 Å². The molecule has 0 bridgehead atoms. The van der Waals surface area contributed by atoms with Gasteiger partial charge in [0.2, 0.25) is 0 Å². The Bertz CT molecular complexity index is 1080. The number of benzene rings is 3. The van der Waals surface area contributed by atoms with Crippen molar-refractivity contribution in [1.29, 1.82) is 0 Å². The normalized spacial score (nSPS) is 10.4. The van der Waals surface area contributed by atoms with Crippen LogP contribution in [0.3, 0.4) is 0 Å². The predicted molar refractivity (Wildman–Crippen MR) is 117 cm³/mol. The van der Waals surface area contributed by atoms with E-state index in [4.69, 9.17) is 9.47 Å². The van der Waals surface area contributed by atoms with Crippen molar-refractivity contribution in [2.75, 3.05) is 14.2 Å². The van der Waals surface area contributed by atoms with Gasteiger partial charge in [0.1, 0.15) is 11.5 Å². The van der Waals surface area contributed by atoms with Gasteiger partial charge in [0.15, 0.2) is 0 Å². The molecule has 0 fully saturated rings. The molecule has 0 radical (unpaired) electrons. The largest absolute Gasteiger partial charge is 0.497 e. The van der Waals surface area contributed by atoms with E-state index in [0.717, 1.165) is 23.5 Å². The summed E-state index contributed by atoms with van der Waals surface area (Å²) >= 11 is 0. The third-order valence-corrected chi connectivity index (χ3v) is 4.77. The molecule has 1 heterocycles. The summed E-state index contributed by atoms with van der Waals surface area (Å²) < 4.78 is 10.8. The van der Waals surface area contributed by atoms with Crippen molar-refractivity contribution in [3.63, 3.8) is 0 Å². The van der Waals surface area contributed by atoms with Crippen LogP contribution in [-0.2, 0) is 6.42 Å². The van der Waals surface area contributed by atoms with Crippen molar-refractivity contribution in [3.05, 3.63) is 90.3 Å². The van der Waals surface area contributed by atoms with Gasteiger partial charge in [0.05, 0.1) is 20.4 Å². The molecule has 0 atom stereocenters. The van der Waals surface area contributed by atoms with Crippen molar-refractivity contribution in [1.82, 2.24) is 4.98 Å². The Morgan fingerprint density at radius 2 is 1.54 bits per heavy atom. The lowest BCUT2D eigenvalue weighted by molar-refractivity contribution is 0.413. The van der Waals surface area contributed by atoms with E-state index in [2.05, 4.69) is 53.5 Å². The van der Waals surface area contributed by atoms with E-state index >= 15 is 0 Å². The second-order valence-corrected chi connectivity index (χ2v) is 6.50. The first-order valence-electron chi connectivity index (χ1n) is 8.91. The molecule has 0 aliphatic carbocycles. The van der Waals surface area contributed by atoms with Crippen molar-refractivity contribution < 1.29 is 9.47 Å². The van der Waals surface area contributed by atoms with E-state index in [1.165, 1.54) is 27.5 Å². The van der Waals surface area contributed by atoms with Crippen LogP contribution in [0.25, 0.3) is 21.9 Å². The van der Waals surface area contributed by atoms with E-state index in [1.54, 1.807) is 20.4 Å². The predicted octanol–water partition coefficient (Wildman–Crippen LogP) is 5.93. The number of hydrogen-bond donors (Lipinski definition) is 0. The highest BCUT2D eigenvalue weighted by molar-refractivity contribution is 5.90. The van der Waals surface area contributed by atoms with E-state index < -0.39 is 0 Å². The molecular formula is C24H22ClNO2. The van der Waals surface area contributed by atoms with Crippen LogP contribution in [0, 0.1) is 0 Å². The van der Waals surface area contributed by atoms with Gasteiger partial charge in [-0.2, -0.15) is 0 Å². The van der Waals surface area contributed by atoms with Crippen molar-refractivity contribution in [3.8, 4) is 22.6 Å². The average molecular weight is 392 g/mol. The van der Waals surface area contributed by atoms with Gasteiger partial charge < -0.3 is 9.47 Å². The first-order valence-corrected chi connectivity index (χ1v) is 8.91. The second-order valence-electron chi connectivity index (χ2n) is 6.50. The van der Waals surface area contributed by atoms with E-state index in [-0.39, 0.29) is 12.4 Å². The number of pyridine rings is 1. The molecule has 4 rings (SSSR count). The van der Waals surface area contributed by atoms with Gasteiger partial charge in [-0.1, -0.05) is 42.5 Å². The Kier molecular flexibility index (Phi) is 6.17. The lowest BCUT2D eigenvalue weighted by Gasteiger charge is -2.14. The second kappa shape index (κ2) is 8.77. The number of halogens is 1. The van der Waals surface area contributed by atoms with Crippen molar-refractivity contribution in [2.24, 2.45) is 0 Å². The number of fused-ring (bicyclic) bond motifs is 1. The quantitative estimate of drug-likeness (QED) is 0.422. The first-order chi connectivity index (χ1) is 13.3. The molecule has 0 aliphatic rings. The molecule has 0 unspecified atom stereocenters. The van der Waals surface area contributed by atoms with Crippen LogP contribution in [0.2, 0.25) is 0 Å². The molecule has 1 aromatic heterocycles. The fourth-order valence-electron chi connectivity index (χ4n) is 3.36. The Morgan fingerprint density at radius 3 is 2.29 bits per heavy atom. The number of methoxy groups -OCH3 is 2. The van der Waals surface area contributed by atoms with Crippen LogP contribution in [0.1, 0.15) is 11.1 Å². The van der Waals surface area contributed by atoms with Crippen LogP contribution >= 0.6 is 12.4 Å². The Hall–Kier alpha value is -3.04. The first kappa shape index (κ1) is 19.7. The van der Waals surface area contributed by atoms with E-state index in [1.807, 2.05) is 24.4 Å². The Morgan fingerprint density at radius 1 is 0.750 bits per heavy atom. The third kappa shape index (κ3) is 4.10. The molecule has 0 aliphatic heterocycles. The summed E-state index contributed by atoms with van der Waals surface area (Å²) in [7, 11) is 3.36. The van der Waals surface area contributed by atoms with Crippen LogP contribution in [0.5, 0.6) is 11.5 Å². The smallest absolute Gasteiger partial charge is 0.137 e. The number of ether oxygens (including phenoxy) is 2. The molecule has 4 heteroatoms. The van der Waals surface area contributed by atoms with Gasteiger partial charge in [-0.25, -0.2) is 0 Å². The van der Waals surface area contributed by atoms with Gasteiger partial charge in [0, 0.05) is 11.8 Å². The molecule has 28 heavy (non-hydrogen) atoms. The number of rotatable bonds is 5. The Balaban J connectivity index is 0.00000225. The lowest BCUT2D eigenvalue weighted by atomic mass is 9.92. The zero-order valence-electron chi connectivity index (χ0n) is 15.9. The lowest BCUT2D eigenvalue weighted by Crippen LogP contribution is -1.95. The maximum absolute atomic E-state index is 5.40. The zero-order valence-corrected chi connectivity index (χ0v) is 16.7. The van der Waals surface area contributed by atoms with Gasteiger partial charge in [-0.15, -0.1) is 12.4 Å². The van der Waals surface area contributed by atoms with Gasteiger partial charge in [-0.3, -0.25) is 4.98 Å². The van der Waals surface area contributed by atoms with Crippen molar-refractivity contribution in [2.45, 2.75) is 6.42 Å². The summed E-state index contributed by atoms with van der Waals surface area (Å²) in [5.74, 6) is 1.62. The highest BCUT2D eigenvalue weighted by Gasteiger charge is 2.11. The molecule has 0 spiro atoms. The van der Waals surface area contributed by atoms with Gasteiger partial charge in [0.25, 0.3) is 0 Å². The fraction of sp³-hybridized carbons (Fsp3) is 0.125. The third-order valence-electron chi connectivity index (χ3n) is 4.77. The topological polar surface area (TPSA) is 31.4 Å².